The summed E-state index contributed by atoms with van der Waals surface area (Å²) in [4.78, 5) is 47.1. The number of likely N-dealkylation sites (tertiary alicyclic amines) is 1. The van der Waals surface area contributed by atoms with Crippen LogP contribution in [0.2, 0.25) is 0 Å². The quantitative estimate of drug-likeness (QED) is 0.204. The van der Waals surface area contributed by atoms with Crippen molar-refractivity contribution in [2.24, 2.45) is 5.73 Å². The molecule has 204 valence electrons. The van der Waals surface area contributed by atoms with Gasteiger partial charge in [0.05, 0.1) is 6.54 Å². The van der Waals surface area contributed by atoms with E-state index in [1.54, 1.807) is 42.5 Å². The largest absolute Gasteiger partial charge is 0.490 e. The molecular weight excluding hydrogens is 511 g/mol. The topological polar surface area (TPSA) is 186 Å². The molecule has 2 aromatic carbocycles. The van der Waals surface area contributed by atoms with E-state index in [4.69, 9.17) is 26.2 Å². The number of amides is 2. The van der Waals surface area contributed by atoms with Crippen molar-refractivity contribution >= 4 is 29.6 Å². The third-order valence-corrected chi connectivity index (χ3v) is 5.39. The lowest BCUT2D eigenvalue weighted by atomic mass is 9.97. The Hall–Kier alpha value is -4.46. The fourth-order valence-corrected chi connectivity index (χ4v) is 3.43. The number of carbonyl (C=O) groups excluding carboxylic acids is 2. The first-order valence-electron chi connectivity index (χ1n) is 11.1. The molecular formula is C24H26F3N5O6. The van der Waals surface area contributed by atoms with Gasteiger partial charge in [-0.05, 0) is 23.6 Å². The molecule has 2 atom stereocenters. The van der Waals surface area contributed by atoms with E-state index in [2.05, 4.69) is 10.6 Å². The Kier molecular flexibility index (Phi) is 10.3. The van der Waals surface area contributed by atoms with Gasteiger partial charge in [0.1, 0.15) is 17.9 Å². The Bertz CT molecular complexity index is 1180. The van der Waals surface area contributed by atoms with Gasteiger partial charge < -0.3 is 26.2 Å². The van der Waals surface area contributed by atoms with Gasteiger partial charge in [0.2, 0.25) is 11.8 Å². The van der Waals surface area contributed by atoms with Crippen molar-refractivity contribution in [3.63, 3.8) is 0 Å². The molecule has 0 aromatic heterocycles. The molecule has 1 saturated heterocycles. The minimum atomic E-state index is -5.08. The number of hydrogen-bond donors (Lipinski definition) is 6. The number of hydrogen-bond acceptors (Lipinski definition) is 6. The number of rotatable bonds is 9. The lowest BCUT2D eigenvalue weighted by Gasteiger charge is -2.41. The number of amidine groups is 1. The molecule has 1 aliphatic heterocycles. The van der Waals surface area contributed by atoms with E-state index in [9.17, 15) is 27.6 Å². The number of alkyl halides is 3. The summed E-state index contributed by atoms with van der Waals surface area (Å²) < 4.78 is 31.7. The number of benzene rings is 2. The van der Waals surface area contributed by atoms with E-state index >= 15 is 0 Å². The molecule has 0 spiro atoms. The van der Waals surface area contributed by atoms with Crippen LogP contribution in [0.4, 0.5) is 13.2 Å². The fourth-order valence-electron chi connectivity index (χ4n) is 3.43. The Morgan fingerprint density at radius 2 is 1.71 bits per heavy atom. The van der Waals surface area contributed by atoms with E-state index in [0.717, 1.165) is 5.56 Å². The van der Waals surface area contributed by atoms with E-state index in [-0.39, 0.29) is 30.7 Å². The van der Waals surface area contributed by atoms with Gasteiger partial charge in [0.25, 0.3) is 0 Å². The van der Waals surface area contributed by atoms with Crippen molar-refractivity contribution < 1.29 is 42.6 Å². The van der Waals surface area contributed by atoms with Gasteiger partial charge in [-0.15, -0.1) is 0 Å². The number of aliphatic carboxylic acids is 2. The van der Waals surface area contributed by atoms with Gasteiger partial charge in [0.15, 0.2) is 0 Å². The predicted octanol–water partition coefficient (Wildman–Crippen LogP) is 1.24. The van der Waals surface area contributed by atoms with Crippen LogP contribution in [0, 0.1) is 5.41 Å². The molecule has 0 unspecified atom stereocenters. The first kappa shape index (κ1) is 29.8. The maximum Gasteiger partial charge on any atom is 0.490 e. The minimum Gasteiger partial charge on any atom is -0.480 e. The first-order valence-corrected chi connectivity index (χ1v) is 11.1. The van der Waals surface area contributed by atoms with E-state index in [1.165, 1.54) is 4.90 Å². The van der Waals surface area contributed by atoms with Crippen LogP contribution < -0.4 is 16.4 Å². The number of nitrogens with zero attached hydrogens (tertiary/aromatic N) is 1. The summed E-state index contributed by atoms with van der Waals surface area (Å²) in [5.74, 6) is -4.49. The molecule has 14 heteroatoms. The summed E-state index contributed by atoms with van der Waals surface area (Å²) in [6.07, 6.45) is -4.55. The molecule has 0 aliphatic carbocycles. The van der Waals surface area contributed by atoms with Gasteiger partial charge in [-0.25, -0.2) is 4.79 Å². The van der Waals surface area contributed by atoms with Crippen LogP contribution in [0.3, 0.4) is 0 Å². The minimum absolute atomic E-state index is 0.0512. The molecule has 0 saturated carbocycles. The summed E-state index contributed by atoms with van der Waals surface area (Å²) >= 11 is 0. The number of nitrogens with one attached hydrogen (secondary N) is 3. The second kappa shape index (κ2) is 13.2. The van der Waals surface area contributed by atoms with E-state index < -0.39 is 30.2 Å². The lowest BCUT2D eigenvalue weighted by Crippen LogP contribution is -2.60. The highest BCUT2D eigenvalue weighted by Crippen LogP contribution is 2.24. The third-order valence-electron chi connectivity index (χ3n) is 5.39. The summed E-state index contributed by atoms with van der Waals surface area (Å²) in [6, 6.07) is 14.4. The second-order valence-corrected chi connectivity index (χ2v) is 8.09. The number of nitrogens with two attached hydrogens (primary N) is 1. The number of carboxylic acid groups (broad SMARTS) is 2. The first-order chi connectivity index (χ1) is 17.8. The molecule has 3 rings (SSSR count). The van der Waals surface area contributed by atoms with E-state index in [1.807, 2.05) is 12.1 Å². The van der Waals surface area contributed by atoms with Gasteiger partial charge in [-0.2, -0.15) is 13.2 Å². The zero-order valence-corrected chi connectivity index (χ0v) is 19.9. The Morgan fingerprint density at radius 1 is 1.08 bits per heavy atom. The zero-order chi connectivity index (χ0) is 28.5. The van der Waals surface area contributed by atoms with Gasteiger partial charge >= 0.3 is 18.1 Å². The highest BCUT2D eigenvalue weighted by atomic mass is 19.4. The van der Waals surface area contributed by atoms with Crippen molar-refractivity contribution in [3.8, 4) is 0 Å². The van der Waals surface area contributed by atoms with Crippen LogP contribution in [0.25, 0.3) is 0 Å². The second-order valence-electron chi connectivity index (χ2n) is 8.09. The zero-order valence-electron chi connectivity index (χ0n) is 19.9. The van der Waals surface area contributed by atoms with Crippen molar-refractivity contribution in [1.82, 2.24) is 15.5 Å². The number of nitrogen functional groups attached to an aromatic ring is 1. The highest BCUT2D eigenvalue weighted by Gasteiger charge is 2.40. The molecule has 2 amide bonds. The Labute approximate surface area is 214 Å². The monoisotopic (exact) mass is 537 g/mol. The highest BCUT2D eigenvalue weighted by molar-refractivity contribution is 5.95. The molecule has 11 nitrogen and oxygen atoms in total. The molecule has 1 fully saturated rings. The number of halogens is 3. The van der Waals surface area contributed by atoms with Crippen LogP contribution in [-0.2, 0) is 25.7 Å². The van der Waals surface area contributed by atoms with E-state index in [0.29, 0.717) is 24.1 Å². The molecule has 1 heterocycles. The lowest BCUT2D eigenvalue weighted by molar-refractivity contribution is -0.192. The molecule has 38 heavy (non-hydrogen) atoms. The van der Waals surface area contributed by atoms with Crippen LogP contribution in [0.1, 0.15) is 29.2 Å². The average molecular weight is 537 g/mol. The third kappa shape index (κ3) is 8.58. The van der Waals surface area contributed by atoms with Gasteiger partial charge in [0, 0.05) is 18.7 Å². The average Bonchev–Trinajstić information content (AvgIpc) is 2.82. The predicted molar refractivity (Wildman–Crippen MR) is 128 cm³/mol. The summed E-state index contributed by atoms with van der Waals surface area (Å²) in [5, 5.41) is 29.2. The van der Waals surface area contributed by atoms with Gasteiger partial charge in [-0.3, -0.25) is 25.1 Å². The van der Waals surface area contributed by atoms with Crippen LogP contribution >= 0.6 is 0 Å². The smallest absolute Gasteiger partial charge is 0.480 e. The maximum atomic E-state index is 13.1. The molecule has 2 aromatic rings. The van der Waals surface area contributed by atoms with Gasteiger partial charge in [-0.1, -0.05) is 48.5 Å². The van der Waals surface area contributed by atoms with Crippen molar-refractivity contribution in [1.29, 1.82) is 5.41 Å². The summed E-state index contributed by atoms with van der Waals surface area (Å²) in [6.45, 7) is 0.301. The standard InChI is InChI=1S/C22H25N5O4.C2HF3O2/c23-20(24)16-8-4-5-14(11-16)12-26-21(30)17-9-10-27(17)22(31)19(25-13-18(28)29)15-6-2-1-3-7-15;3-2(4,5)1(6)7/h1-8,11,17,19,25H,9-10,12-13H2,(H3,23,24)(H,26,30)(H,28,29);(H,6,7)/t17-,19+;/m0./s1. The number of carbonyl (C=O) groups is 4. The maximum absolute atomic E-state index is 13.1. The molecule has 0 radical (unpaired) electrons. The SMILES string of the molecule is N=C(N)c1cccc(CNC(=O)[C@@H]2CCN2C(=O)[C@H](NCC(=O)O)c2ccccc2)c1.O=C(O)C(F)(F)F. The molecule has 7 N–H and O–H groups in total. The fraction of sp³-hybridized carbons (Fsp3) is 0.292. The summed E-state index contributed by atoms with van der Waals surface area (Å²) in [5.41, 5.74) is 7.50. The van der Waals surface area contributed by atoms with Crippen LogP contribution in [0.5, 0.6) is 0 Å². The van der Waals surface area contributed by atoms with Crippen molar-refractivity contribution in [3.05, 3.63) is 71.3 Å². The Morgan fingerprint density at radius 3 is 2.21 bits per heavy atom. The van der Waals surface area contributed by atoms with Crippen molar-refractivity contribution in [2.45, 2.75) is 31.2 Å². The van der Waals surface area contributed by atoms with Crippen LogP contribution in [-0.4, -0.2) is 70.0 Å². The molecule has 1 aliphatic rings. The normalized spacial score (nSPS) is 15.2. The van der Waals surface area contributed by atoms with Crippen molar-refractivity contribution in [2.75, 3.05) is 13.1 Å². The number of carboxylic acids is 2. The molecule has 0 bridgehead atoms. The summed E-state index contributed by atoms with van der Waals surface area (Å²) in [7, 11) is 0. The van der Waals surface area contributed by atoms with Crippen LogP contribution in [0.15, 0.2) is 54.6 Å². The Balaban J connectivity index is 0.000000638.